The summed E-state index contributed by atoms with van der Waals surface area (Å²) in [4.78, 5) is 23.6. The molecule has 0 bridgehead atoms. The Morgan fingerprint density at radius 1 is 0.829 bits per heavy atom. The lowest BCUT2D eigenvalue weighted by atomic mass is 9.74. The number of hydrogen-bond acceptors (Lipinski definition) is 2. The molecule has 1 amide bonds. The Hall–Kier alpha value is -3.11. The summed E-state index contributed by atoms with van der Waals surface area (Å²) < 4.78 is 93.3. The van der Waals surface area contributed by atoms with Crippen LogP contribution in [0.15, 0.2) is 42.5 Å². The molecule has 2 aliphatic carbocycles. The minimum absolute atomic E-state index is 0.0269. The van der Waals surface area contributed by atoms with E-state index in [9.17, 15) is 40.3 Å². The van der Waals surface area contributed by atoms with Crippen LogP contribution in [0.3, 0.4) is 0 Å². The van der Waals surface area contributed by atoms with E-state index in [1.807, 2.05) is 0 Å². The van der Waals surface area contributed by atoms with E-state index >= 15 is 0 Å². The van der Waals surface area contributed by atoms with Crippen molar-refractivity contribution < 1.29 is 45.4 Å². The highest BCUT2D eigenvalue weighted by molar-refractivity contribution is 5.96. The van der Waals surface area contributed by atoms with Crippen LogP contribution in [-0.4, -0.2) is 35.4 Å². The molecule has 0 spiro atoms. The molecule has 188 valence electrons. The Kier molecular flexibility index (Phi) is 6.09. The number of nitrogens with one attached hydrogen (secondary N) is 1. The maximum absolute atomic E-state index is 14.5. The van der Waals surface area contributed by atoms with Gasteiger partial charge in [0, 0.05) is 17.2 Å². The zero-order valence-electron chi connectivity index (χ0n) is 18.0. The molecule has 11 heteroatoms. The molecule has 4 rings (SSSR count). The number of fused-ring (bicyclic) bond motifs is 3. The van der Waals surface area contributed by atoms with E-state index in [1.165, 1.54) is 24.3 Å². The summed E-state index contributed by atoms with van der Waals surface area (Å²) in [7, 11) is 0. The van der Waals surface area contributed by atoms with Gasteiger partial charge in [0.15, 0.2) is 0 Å². The minimum atomic E-state index is -6.16. The van der Waals surface area contributed by atoms with Gasteiger partial charge in [-0.05, 0) is 72.9 Å². The number of alkyl halides is 7. The van der Waals surface area contributed by atoms with Crippen LogP contribution in [0, 0.1) is 5.92 Å². The molecule has 2 unspecified atom stereocenters. The number of benzene rings is 2. The van der Waals surface area contributed by atoms with Crippen molar-refractivity contribution in [1.29, 1.82) is 0 Å². The number of carbonyl (C=O) groups is 2. The SMILES string of the molecule is O=C(O)c1ccc(C(=O)N[C@@H]2CCC3c4ccc(C(F)(C(F)(F)F)C(F)(F)F)cc4CCC32)cc1. The summed E-state index contributed by atoms with van der Waals surface area (Å²) in [6.45, 7) is 0. The molecule has 2 aromatic carbocycles. The van der Waals surface area contributed by atoms with Crippen LogP contribution in [0.4, 0.5) is 30.7 Å². The lowest BCUT2D eigenvalue weighted by molar-refractivity contribution is -0.348. The van der Waals surface area contributed by atoms with Gasteiger partial charge in [0.25, 0.3) is 5.91 Å². The van der Waals surface area contributed by atoms with E-state index in [0.29, 0.717) is 37.0 Å². The normalized spacial score (nSPS) is 22.3. The highest BCUT2D eigenvalue weighted by atomic mass is 19.4. The first kappa shape index (κ1) is 25.0. The van der Waals surface area contributed by atoms with Crippen molar-refractivity contribution in [2.45, 2.75) is 55.7 Å². The first-order chi connectivity index (χ1) is 16.2. The number of aromatic carboxylic acids is 1. The lowest BCUT2D eigenvalue weighted by Crippen LogP contribution is -2.50. The second-order valence-electron chi connectivity index (χ2n) is 8.92. The molecular weight excluding hydrogens is 483 g/mol. The fourth-order valence-corrected chi connectivity index (χ4v) is 5.26. The topological polar surface area (TPSA) is 66.4 Å². The van der Waals surface area contributed by atoms with Gasteiger partial charge in [0.05, 0.1) is 5.56 Å². The van der Waals surface area contributed by atoms with Gasteiger partial charge in [-0.25, -0.2) is 9.18 Å². The summed E-state index contributed by atoms with van der Waals surface area (Å²) >= 11 is 0. The van der Waals surface area contributed by atoms with Crippen LogP contribution < -0.4 is 5.32 Å². The van der Waals surface area contributed by atoms with E-state index in [2.05, 4.69) is 5.32 Å². The summed E-state index contributed by atoms with van der Waals surface area (Å²) in [5.74, 6) is -1.82. The molecule has 0 saturated heterocycles. The lowest BCUT2D eigenvalue weighted by Gasteiger charge is -2.34. The Morgan fingerprint density at radius 2 is 1.43 bits per heavy atom. The van der Waals surface area contributed by atoms with Crippen molar-refractivity contribution in [2.75, 3.05) is 0 Å². The number of carboxylic acid groups (broad SMARTS) is 1. The first-order valence-electron chi connectivity index (χ1n) is 10.8. The third-order valence-corrected chi connectivity index (χ3v) is 7.00. The molecule has 1 saturated carbocycles. The fourth-order valence-electron chi connectivity index (χ4n) is 5.26. The van der Waals surface area contributed by atoms with Crippen molar-refractivity contribution in [1.82, 2.24) is 5.32 Å². The van der Waals surface area contributed by atoms with E-state index in [0.717, 1.165) is 6.07 Å². The van der Waals surface area contributed by atoms with Crippen LogP contribution in [0.2, 0.25) is 0 Å². The van der Waals surface area contributed by atoms with Crippen molar-refractivity contribution in [3.05, 3.63) is 70.3 Å². The summed E-state index contributed by atoms with van der Waals surface area (Å²) in [6.07, 6.45) is -10.7. The predicted molar refractivity (Wildman–Crippen MR) is 110 cm³/mol. The number of amides is 1. The van der Waals surface area contributed by atoms with Crippen LogP contribution >= 0.6 is 0 Å². The van der Waals surface area contributed by atoms with Crippen LogP contribution in [0.25, 0.3) is 0 Å². The Balaban J connectivity index is 1.54. The average Bonchev–Trinajstić information content (AvgIpc) is 3.19. The molecule has 4 nitrogen and oxygen atoms in total. The van der Waals surface area contributed by atoms with Gasteiger partial charge in [0.1, 0.15) is 0 Å². The van der Waals surface area contributed by atoms with Gasteiger partial charge in [-0.3, -0.25) is 4.79 Å². The molecule has 3 atom stereocenters. The van der Waals surface area contributed by atoms with Crippen LogP contribution in [-0.2, 0) is 12.1 Å². The molecule has 0 aliphatic heterocycles. The zero-order chi connectivity index (χ0) is 25.8. The van der Waals surface area contributed by atoms with Crippen molar-refractivity contribution >= 4 is 11.9 Å². The number of carboxylic acids is 1. The maximum atomic E-state index is 14.5. The highest BCUT2D eigenvalue weighted by Crippen LogP contribution is 2.54. The largest absolute Gasteiger partial charge is 0.478 e. The summed E-state index contributed by atoms with van der Waals surface area (Å²) in [6, 6.07) is 7.46. The maximum Gasteiger partial charge on any atom is 0.435 e. The summed E-state index contributed by atoms with van der Waals surface area (Å²) in [5.41, 5.74) is -5.84. The van der Waals surface area contributed by atoms with Crippen molar-refractivity contribution in [3.8, 4) is 0 Å². The van der Waals surface area contributed by atoms with Gasteiger partial charge in [0.2, 0.25) is 0 Å². The molecule has 0 heterocycles. The molecular formula is C24H20F7NO3. The number of rotatable bonds is 4. The second kappa shape index (κ2) is 8.53. The van der Waals surface area contributed by atoms with Crippen molar-refractivity contribution in [2.24, 2.45) is 5.92 Å². The predicted octanol–water partition coefficient (Wildman–Crippen LogP) is 5.91. The number of hydrogen-bond donors (Lipinski definition) is 2. The van der Waals surface area contributed by atoms with E-state index < -0.39 is 35.5 Å². The zero-order valence-corrected chi connectivity index (χ0v) is 18.0. The van der Waals surface area contributed by atoms with E-state index in [4.69, 9.17) is 5.11 Å². The monoisotopic (exact) mass is 503 g/mol. The number of aryl methyl sites for hydroxylation is 1. The number of halogens is 7. The summed E-state index contributed by atoms with van der Waals surface area (Å²) in [5, 5.41) is 11.9. The first-order valence-corrected chi connectivity index (χ1v) is 10.8. The molecule has 2 N–H and O–H groups in total. The third-order valence-electron chi connectivity index (χ3n) is 7.00. The Bertz CT molecular complexity index is 1130. The second-order valence-corrected chi connectivity index (χ2v) is 8.92. The number of carbonyl (C=O) groups excluding carboxylic acids is 1. The van der Waals surface area contributed by atoms with Crippen molar-refractivity contribution in [3.63, 3.8) is 0 Å². The van der Waals surface area contributed by atoms with Gasteiger partial charge in [-0.15, -0.1) is 0 Å². The molecule has 2 aliphatic rings. The van der Waals surface area contributed by atoms with E-state index in [1.54, 1.807) is 0 Å². The molecule has 2 aromatic rings. The van der Waals surface area contributed by atoms with Crippen LogP contribution in [0.1, 0.15) is 62.6 Å². The van der Waals surface area contributed by atoms with Gasteiger partial charge in [-0.1, -0.05) is 18.2 Å². The van der Waals surface area contributed by atoms with Gasteiger partial charge in [-0.2, -0.15) is 26.3 Å². The third kappa shape index (κ3) is 4.25. The molecule has 0 radical (unpaired) electrons. The molecule has 0 aromatic heterocycles. The van der Waals surface area contributed by atoms with Gasteiger partial charge < -0.3 is 10.4 Å². The molecule has 35 heavy (non-hydrogen) atoms. The standard InChI is InChI=1S/C24H20F7NO3/c25-22(23(26,27)28,24(29,30)31)15-6-8-16-14(11-15)5-7-18-17(16)9-10-19(18)32-20(33)12-1-3-13(4-2-12)21(34)35/h1-4,6,8,11,17-19H,5,7,9-10H2,(H,32,33)(H,34,35)/t17?,18?,19-/m1/s1. The van der Waals surface area contributed by atoms with Gasteiger partial charge >= 0.3 is 24.0 Å². The smallest absolute Gasteiger partial charge is 0.435 e. The Labute approximate surface area is 195 Å². The van der Waals surface area contributed by atoms with Crippen LogP contribution in [0.5, 0.6) is 0 Å². The highest BCUT2D eigenvalue weighted by Gasteiger charge is 2.73. The average molecular weight is 503 g/mol. The minimum Gasteiger partial charge on any atom is -0.478 e. The van der Waals surface area contributed by atoms with E-state index in [-0.39, 0.29) is 41.0 Å². The fraction of sp³-hybridized carbons (Fsp3) is 0.417. The Morgan fingerprint density at radius 3 is 2.00 bits per heavy atom. The molecule has 1 fully saturated rings. The quantitative estimate of drug-likeness (QED) is 0.510.